The topological polar surface area (TPSA) is 26.0 Å². The van der Waals surface area contributed by atoms with Gasteiger partial charge in [0.1, 0.15) is 5.82 Å². The van der Waals surface area contributed by atoms with E-state index in [1.165, 1.54) is 31.2 Å². The fraction of sp³-hybridized carbons (Fsp3) is 0.571. The lowest BCUT2D eigenvalue weighted by Crippen LogP contribution is -2.32. The van der Waals surface area contributed by atoms with Crippen molar-refractivity contribution in [2.45, 2.75) is 38.5 Å². The van der Waals surface area contributed by atoms with E-state index in [9.17, 15) is 4.39 Å². The van der Waals surface area contributed by atoms with E-state index in [0.29, 0.717) is 5.92 Å². The second-order valence-electron chi connectivity index (χ2n) is 5.05. The Labute approximate surface area is 96.9 Å². The van der Waals surface area contributed by atoms with Gasteiger partial charge in [0.25, 0.3) is 0 Å². The maximum absolute atomic E-state index is 12.9. The van der Waals surface area contributed by atoms with Gasteiger partial charge >= 0.3 is 0 Å². The number of halogens is 1. The van der Waals surface area contributed by atoms with Crippen molar-refractivity contribution in [3.63, 3.8) is 0 Å². The minimum atomic E-state index is -0.163. The highest BCUT2D eigenvalue weighted by Gasteiger charge is 2.38. The molecule has 2 heteroatoms. The maximum Gasteiger partial charge on any atom is 0.123 e. The molecular formula is C14H20FN. The summed E-state index contributed by atoms with van der Waals surface area (Å²) in [6.45, 7) is 2.97. The van der Waals surface area contributed by atoms with Crippen LogP contribution in [0.3, 0.4) is 0 Å². The number of nitrogens with two attached hydrogens (primary N) is 1. The number of hydrogen-bond donors (Lipinski definition) is 1. The van der Waals surface area contributed by atoms with Gasteiger partial charge in [-0.2, -0.15) is 0 Å². The summed E-state index contributed by atoms with van der Waals surface area (Å²) in [5.74, 6) is 0.268. The third kappa shape index (κ3) is 1.99. The molecule has 1 aromatic carbocycles. The van der Waals surface area contributed by atoms with Crippen LogP contribution >= 0.6 is 0 Å². The molecule has 1 aliphatic carbocycles. The molecule has 88 valence electrons. The van der Waals surface area contributed by atoms with Gasteiger partial charge in [-0.3, -0.25) is 0 Å². The van der Waals surface area contributed by atoms with Crippen LogP contribution in [0, 0.1) is 11.2 Å². The molecule has 1 fully saturated rings. The quantitative estimate of drug-likeness (QED) is 0.831. The van der Waals surface area contributed by atoms with Gasteiger partial charge in [0.2, 0.25) is 0 Å². The Bertz CT molecular complexity index is 338. The molecule has 0 bridgehead atoms. The van der Waals surface area contributed by atoms with Gasteiger partial charge in [-0.25, -0.2) is 4.39 Å². The highest BCUT2D eigenvalue weighted by atomic mass is 19.1. The van der Waals surface area contributed by atoms with Crippen LogP contribution in [0.15, 0.2) is 24.3 Å². The summed E-state index contributed by atoms with van der Waals surface area (Å²) in [5, 5.41) is 0. The zero-order valence-electron chi connectivity index (χ0n) is 9.88. The molecule has 0 saturated heterocycles. The minimum absolute atomic E-state index is 0.163. The predicted molar refractivity (Wildman–Crippen MR) is 64.8 cm³/mol. The Hall–Kier alpha value is -0.890. The zero-order valence-corrected chi connectivity index (χ0v) is 9.88. The molecule has 2 rings (SSSR count). The first-order chi connectivity index (χ1) is 7.68. The first kappa shape index (κ1) is 11.6. The molecular weight excluding hydrogens is 201 g/mol. The molecule has 1 nitrogen and oxygen atoms in total. The molecule has 1 unspecified atom stereocenters. The first-order valence-corrected chi connectivity index (χ1v) is 6.13. The Morgan fingerprint density at radius 3 is 2.31 bits per heavy atom. The van der Waals surface area contributed by atoms with Crippen molar-refractivity contribution in [1.29, 1.82) is 0 Å². The molecule has 0 amide bonds. The first-order valence-electron chi connectivity index (χ1n) is 6.13. The van der Waals surface area contributed by atoms with Gasteiger partial charge < -0.3 is 5.73 Å². The maximum atomic E-state index is 12.9. The standard InChI is InChI=1S/C14H20FN/c1-11(12-4-6-13(15)7-5-12)14(10-16)8-2-3-9-14/h4-7,11H,2-3,8-10,16H2,1H3. The van der Waals surface area contributed by atoms with E-state index in [1.54, 1.807) is 12.1 Å². The van der Waals surface area contributed by atoms with Crippen LogP contribution in [0.2, 0.25) is 0 Å². The van der Waals surface area contributed by atoms with Crippen molar-refractivity contribution < 1.29 is 4.39 Å². The molecule has 0 aromatic heterocycles. The van der Waals surface area contributed by atoms with E-state index in [0.717, 1.165) is 6.54 Å². The summed E-state index contributed by atoms with van der Waals surface area (Å²) in [6, 6.07) is 6.89. The van der Waals surface area contributed by atoms with Gasteiger partial charge in [-0.15, -0.1) is 0 Å². The lowest BCUT2D eigenvalue weighted by molar-refractivity contribution is 0.252. The number of rotatable bonds is 3. The Balaban J connectivity index is 2.23. The average Bonchev–Trinajstić information content (AvgIpc) is 2.79. The summed E-state index contributed by atoms with van der Waals surface area (Å²) in [6.07, 6.45) is 4.98. The van der Waals surface area contributed by atoms with Crippen molar-refractivity contribution in [2.75, 3.05) is 6.54 Å². The number of benzene rings is 1. The molecule has 2 N–H and O–H groups in total. The molecule has 1 atom stereocenters. The van der Waals surface area contributed by atoms with Crippen LogP contribution in [0.4, 0.5) is 4.39 Å². The molecule has 0 heterocycles. The van der Waals surface area contributed by atoms with Crippen LogP contribution in [0.25, 0.3) is 0 Å². The lowest BCUT2D eigenvalue weighted by Gasteiger charge is -2.34. The largest absolute Gasteiger partial charge is 0.330 e. The minimum Gasteiger partial charge on any atom is -0.330 e. The van der Waals surface area contributed by atoms with Crippen LogP contribution in [-0.2, 0) is 0 Å². The summed E-state index contributed by atoms with van der Waals surface area (Å²) in [4.78, 5) is 0. The van der Waals surface area contributed by atoms with E-state index >= 15 is 0 Å². The third-order valence-electron chi connectivity index (χ3n) is 4.29. The van der Waals surface area contributed by atoms with E-state index in [4.69, 9.17) is 5.73 Å². The lowest BCUT2D eigenvalue weighted by atomic mass is 9.72. The SMILES string of the molecule is CC(c1ccc(F)cc1)C1(CN)CCCC1. The summed E-state index contributed by atoms with van der Waals surface area (Å²) in [7, 11) is 0. The van der Waals surface area contributed by atoms with Gasteiger partial charge in [0.15, 0.2) is 0 Å². The fourth-order valence-electron chi connectivity index (χ4n) is 3.00. The molecule has 1 aromatic rings. The summed E-state index contributed by atoms with van der Waals surface area (Å²) >= 11 is 0. The normalized spacial score (nSPS) is 20.9. The van der Waals surface area contributed by atoms with Crippen molar-refractivity contribution in [3.8, 4) is 0 Å². The second-order valence-corrected chi connectivity index (χ2v) is 5.05. The second kappa shape index (κ2) is 4.54. The van der Waals surface area contributed by atoms with Crippen molar-refractivity contribution in [2.24, 2.45) is 11.1 Å². The molecule has 16 heavy (non-hydrogen) atoms. The molecule has 0 radical (unpaired) electrons. The highest BCUT2D eigenvalue weighted by molar-refractivity contribution is 5.23. The van der Waals surface area contributed by atoms with Crippen molar-refractivity contribution in [3.05, 3.63) is 35.6 Å². The smallest absolute Gasteiger partial charge is 0.123 e. The van der Waals surface area contributed by atoms with E-state index in [2.05, 4.69) is 6.92 Å². The van der Waals surface area contributed by atoms with E-state index in [-0.39, 0.29) is 11.2 Å². The van der Waals surface area contributed by atoms with Crippen LogP contribution in [0.1, 0.15) is 44.1 Å². The van der Waals surface area contributed by atoms with Gasteiger partial charge in [-0.05, 0) is 48.4 Å². The average molecular weight is 221 g/mol. The van der Waals surface area contributed by atoms with Crippen LogP contribution < -0.4 is 5.73 Å². The van der Waals surface area contributed by atoms with Crippen molar-refractivity contribution in [1.82, 2.24) is 0 Å². The molecule has 1 saturated carbocycles. The fourth-order valence-corrected chi connectivity index (χ4v) is 3.00. The monoisotopic (exact) mass is 221 g/mol. The van der Waals surface area contributed by atoms with E-state index < -0.39 is 0 Å². The Kier molecular flexibility index (Phi) is 3.29. The van der Waals surface area contributed by atoms with Gasteiger partial charge in [0, 0.05) is 0 Å². The summed E-state index contributed by atoms with van der Waals surface area (Å²) in [5.41, 5.74) is 7.43. The van der Waals surface area contributed by atoms with Gasteiger partial charge in [0.05, 0.1) is 0 Å². The third-order valence-corrected chi connectivity index (χ3v) is 4.29. The van der Waals surface area contributed by atoms with Crippen molar-refractivity contribution >= 4 is 0 Å². The van der Waals surface area contributed by atoms with Crippen LogP contribution in [0.5, 0.6) is 0 Å². The Morgan fingerprint density at radius 1 is 1.25 bits per heavy atom. The molecule has 0 aliphatic heterocycles. The zero-order chi connectivity index (χ0) is 11.6. The molecule has 1 aliphatic rings. The highest BCUT2D eigenvalue weighted by Crippen LogP contribution is 2.47. The summed E-state index contributed by atoms with van der Waals surface area (Å²) < 4.78 is 12.9. The number of hydrogen-bond acceptors (Lipinski definition) is 1. The Morgan fingerprint density at radius 2 is 1.81 bits per heavy atom. The van der Waals surface area contributed by atoms with Crippen LogP contribution in [-0.4, -0.2) is 6.54 Å². The van der Waals surface area contributed by atoms with Gasteiger partial charge in [-0.1, -0.05) is 31.9 Å². The predicted octanol–water partition coefficient (Wildman–Crippen LogP) is 3.45. The van der Waals surface area contributed by atoms with E-state index in [1.807, 2.05) is 12.1 Å². The molecule has 0 spiro atoms.